The second-order valence-electron chi connectivity index (χ2n) is 1.27. The van der Waals surface area contributed by atoms with Crippen LogP contribution in [-0.4, -0.2) is 21.3 Å². The van der Waals surface area contributed by atoms with Crippen LogP contribution in [0.1, 0.15) is 6.42 Å². The predicted octanol–water partition coefficient (Wildman–Crippen LogP) is -0.954. The van der Waals surface area contributed by atoms with Crippen molar-refractivity contribution < 1.29 is 15.3 Å². The Morgan fingerprint density at radius 2 is 1.86 bits per heavy atom. The highest BCUT2D eigenvalue weighted by Crippen LogP contribution is 2.00. The minimum absolute atomic E-state index is 0.229. The van der Waals surface area contributed by atoms with Crippen molar-refractivity contribution in [1.82, 2.24) is 0 Å². The van der Waals surface area contributed by atoms with Crippen LogP contribution in [0.2, 0.25) is 0 Å². The molecule has 3 nitrogen and oxygen atoms in total. The fourth-order valence-electron chi connectivity index (χ4n) is 0.194. The molecular weight excluding hydrogens is 96.0 g/mol. The van der Waals surface area contributed by atoms with Crippen LogP contribution in [0.25, 0.3) is 0 Å². The molecule has 0 aromatic rings. The fraction of sp³-hybridized carbons (Fsp3) is 0.500. The molecule has 0 heterocycles. The quantitative estimate of drug-likeness (QED) is 0.396. The van der Waals surface area contributed by atoms with Gasteiger partial charge in [-0.15, -0.1) is 0 Å². The molecule has 0 saturated carbocycles. The summed E-state index contributed by atoms with van der Waals surface area (Å²) >= 11 is 0. The van der Waals surface area contributed by atoms with E-state index in [1.165, 1.54) is 6.42 Å². The second kappa shape index (κ2) is 2.26. The van der Waals surface area contributed by atoms with E-state index >= 15 is 0 Å². The van der Waals surface area contributed by atoms with Crippen molar-refractivity contribution in [2.45, 2.75) is 12.4 Å². The van der Waals surface area contributed by atoms with Crippen molar-refractivity contribution in [3.63, 3.8) is 0 Å². The summed E-state index contributed by atoms with van der Waals surface area (Å²) in [5.41, 5.74) is 0. The third-order valence-corrected chi connectivity index (χ3v) is 0.418. The van der Waals surface area contributed by atoms with Gasteiger partial charge in [-0.1, -0.05) is 0 Å². The van der Waals surface area contributed by atoms with Crippen molar-refractivity contribution in [3.8, 4) is 0 Å². The SMILES string of the molecule is [CH2][CH]CC(O)(O)O. The Kier molecular flexibility index (Phi) is 2.22. The van der Waals surface area contributed by atoms with E-state index in [1.807, 2.05) is 0 Å². The lowest BCUT2D eigenvalue weighted by atomic mass is 10.3. The van der Waals surface area contributed by atoms with Crippen LogP contribution in [0.3, 0.4) is 0 Å². The zero-order chi connectivity index (χ0) is 5.91. The van der Waals surface area contributed by atoms with Gasteiger partial charge in [0.2, 0.25) is 0 Å². The number of aliphatic hydroxyl groups is 3. The minimum Gasteiger partial charge on any atom is -0.344 e. The van der Waals surface area contributed by atoms with Gasteiger partial charge < -0.3 is 15.3 Å². The lowest BCUT2D eigenvalue weighted by Crippen LogP contribution is -2.26. The molecule has 0 aliphatic heterocycles. The summed E-state index contributed by atoms with van der Waals surface area (Å²) in [5, 5.41) is 24.2. The van der Waals surface area contributed by atoms with Crippen molar-refractivity contribution in [2.24, 2.45) is 0 Å². The smallest absolute Gasteiger partial charge is 0.275 e. The molecule has 7 heavy (non-hydrogen) atoms. The first-order valence-corrected chi connectivity index (χ1v) is 1.84. The Labute approximate surface area is 42.2 Å². The van der Waals surface area contributed by atoms with E-state index in [4.69, 9.17) is 15.3 Å². The molecule has 3 N–H and O–H groups in total. The molecule has 0 spiro atoms. The van der Waals surface area contributed by atoms with Gasteiger partial charge in [-0.25, -0.2) is 0 Å². The molecule has 0 bridgehead atoms. The van der Waals surface area contributed by atoms with Gasteiger partial charge in [0.15, 0.2) is 0 Å². The van der Waals surface area contributed by atoms with E-state index in [0.29, 0.717) is 0 Å². The predicted molar refractivity (Wildman–Crippen MR) is 23.7 cm³/mol. The van der Waals surface area contributed by atoms with Crippen molar-refractivity contribution in [1.29, 1.82) is 0 Å². The van der Waals surface area contributed by atoms with E-state index in [-0.39, 0.29) is 6.42 Å². The van der Waals surface area contributed by atoms with Gasteiger partial charge >= 0.3 is 0 Å². The number of hydrogen-bond donors (Lipinski definition) is 3. The highest BCUT2D eigenvalue weighted by molar-refractivity contribution is 4.69. The Hall–Kier alpha value is -0.120. The molecule has 0 aliphatic carbocycles. The van der Waals surface area contributed by atoms with Crippen LogP contribution < -0.4 is 0 Å². The summed E-state index contributed by atoms with van der Waals surface area (Å²) in [6, 6.07) is 0. The fourth-order valence-corrected chi connectivity index (χ4v) is 0.194. The maximum absolute atomic E-state index is 8.06. The zero-order valence-electron chi connectivity index (χ0n) is 3.83. The zero-order valence-corrected chi connectivity index (χ0v) is 3.83. The molecule has 0 saturated heterocycles. The molecule has 0 atom stereocenters. The molecule has 2 radical (unpaired) electrons. The third-order valence-electron chi connectivity index (χ3n) is 0.418. The first-order chi connectivity index (χ1) is 3.06. The van der Waals surface area contributed by atoms with E-state index in [1.54, 1.807) is 0 Å². The summed E-state index contributed by atoms with van der Waals surface area (Å²) in [4.78, 5) is 0. The van der Waals surface area contributed by atoms with Gasteiger partial charge in [-0.05, 0) is 13.3 Å². The van der Waals surface area contributed by atoms with E-state index in [9.17, 15) is 0 Å². The lowest BCUT2D eigenvalue weighted by Gasteiger charge is -2.10. The molecule has 0 amide bonds. The van der Waals surface area contributed by atoms with Gasteiger partial charge in [0.05, 0.1) is 0 Å². The minimum atomic E-state index is -2.57. The molecule has 0 unspecified atom stereocenters. The van der Waals surface area contributed by atoms with Crippen molar-refractivity contribution in [2.75, 3.05) is 0 Å². The van der Waals surface area contributed by atoms with Gasteiger partial charge in [0.1, 0.15) is 0 Å². The normalized spacial score (nSPS) is 12.0. The van der Waals surface area contributed by atoms with Gasteiger partial charge in [-0.3, -0.25) is 0 Å². The molecule has 0 rings (SSSR count). The summed E-state index contributed by atoms with van der Waals surface area (Å²) in [6.07, 6.45) is 0.979. The summed E-state index contributed by atoms with van der Waals surface area (Å²) in [6.45, 7) is 3.17. The summed E-state index contributed by atoms with van der Waals surface area (Å²) < 4.78 is 0. The van der Waals surface area contributed by atoms with Crippen molar-refractivity contribution in [3.05, 3.63) is 13.3 Å². The number of hydrogen-bond acceptors (Lipinski definition) is 3. The van der Waals surface area contributed by atoms with Crippen LogP contribution in [0.5, 0.6) is 0 Å². The van der Waals surface area contributed by atoms with Crippen LogP contribution >= 0.6 is 0 Å². The van der Waals surface area contributed by atoms with Crippen LogP contribution in [0, 0.1) is 13.3 Å². The van der Waals surface area contributed by atoms with Gasteiger partial charge in [-0.2, -0.15) is 0 Å². The van der Waals surface area contributed by atoms with Crippen LogP contribution in [-0.2, 0) is 0 Å². The molecular formula is C4H8O3. The van der Waals surface area contributed by atoms with Gasteiger partial charge in [0.25, 0.3) is 5.97 Å². The Bertz CT molecular complexity index is 45.4. The maximum Gasteiger partial charge on any atom is 0.275 e. The monoisotopic (exact) mass is 104 g/mol. The Morgan fingerprint density at radius 3 is 1.86 bits per heavy atom. The highest BCUT2D eigenvalue weighted by atomic mass is 16.7. The van der Waals surface area contributed by atoms with Crippen molar-refractivity contribution >= 4 is 0 Å². The van der Waals surface area contributed by atoms with E-state index in [0.717, 1.165) is 0 Å². The lowest BCUT2D eigenvalue weighted by molar-refractivity contribution is -0.309. The standard InChI is InChI=1S/C4H8O3/c1-2-3-4(5,6)7/h2,5-7H,1,3H2. The van der Waals surface area contributed by atoms with Crippen LogP contribution in [0.15, 0.2) is 0 Å². The average Bonchev–Trinajstić information content (AvgIpc) is 1.30. The molecule has 0 aromatic heterocycles. The second-order valence-corrected chi connectivity index (χ2v) is 1.27. The summed E-state index contributed by atoms with van der Waals surface area (Å²) in [5.74, 6) is -2.57. The largest absolute Gasteiger partial charge is 0.344 e. The molecule has 0 fully saturated rings. The first kappa shape index (κ1) is 6.88. The molecule has 42 valence electrons. The average molecular weight is 104 g/mol. The Morgan fingerprint density at radius 1 is 1.43 bits per heavy atom. The van der Waals surface area contributed by atoms with E-state index < -0.39 is 5.97 Å². The molecule has 0 aromatic carbocycles. The highest BCUT2D eigenvalue weighted by Gasteiger charge is 2.14. The maximum atomic E-state index is 8.06. The number of rotatable bonds is 2. The molecule has 0 aliphatic rings. The Balaban J connectivity index is 3.15. The summed E-state index contributed by atoms with van der Waals surface area (Å²) in [7, 11) is 0. The molecule has 3 heteroatoms. The first-order valence-electron chi connectivity index (χ1n) is 1.84. The third kappa shape index (κ3) is 5.88. The van der Waals surface area contributed by atoms with Crippen LogP contribution in [0.4, 0.5) is 0 Å². The van der Waals surface area contributed by atoms with Gasteiger partial charge in [0, 0.05) is 6.42 Å². The van der Waals surface area contributed by atoms with E-state index in [2.05, 4.69) is 6.92 Å². The topological polar surface area (TPSA) is 60.7 Å².